The fourth-order valence-electron chi connectivity index (χ4n) is 5.59. The van der Waals surface area contributed by atoms with Crippen molar-refractivity contribution < 1.29 is 4.52 Å². The summed E-state index contributed by atoms with van der Waals surface area (Å²) in [4.78, 5) is 4.70. The van der Waals surface area contributed by atoms with Crippen LogP contribution in [0.3, 0.4) is 0 Å². The quantitative estimate of drug-likeness (QED) is 0.235. The van der Waals surface area contributed by atoms with Crippen molar-refractivity contribution in [2.45, 2.75) is 0 Å². The molecule has 0 aliphatic heterocycles. The highest BCUT2D eigenvalue weighted by atomic mass is 16.5. The predicted molar refractivity (Wildman–Crippen MR) is 162 cm³/mol. The van der Waals surface area contributed by atoms with Crippen LogP contribution < -0.4 is 0 Å². The lowest BCUT2D eigenvalue weighted by atomic mass is 10.0. The Bertz CT molecular complexity index is 2100. The molecule has 4 nitrogen and oxygen atoms in total. The number of rotatable bonds is 4. The first kappa shape index (κ1) is 22.5. The molecule has 2 heterocycles. The Balaban J connectivity index is 1.09. The van der Waals surface area contributed by atoms with Crippen LogP contribution >= 0.6 is 0 Å². The lowest BCUT2D eigenvalue weighted by Gasteiger charge is -2.08. The fraction of sp³-hybridized carbons (Fsp3) is 0. The predicted octanol–water partition coefficient (Wildman–Crippen LogP) is 9.32. The zero-order valence-corrected chi connectivity index (χ0v) is 21.5. The molecule has 6 aromatic carbocycles. The maximum Gasteiger partial charge on any atom is 0.258 e. The van der Waals surface area contributed by atoms with Crippen LogP contribution in [-0.4, -0.2) is 14.7 Å². The maximum absolute atomic E-state index is 5.67. The van der Waals surface area contributed by atoms with Gasteiger partial charge in [-0.1, -0.05) is 102 Å². The van der Waals surface area contributed by atoms with E-state index in [0.29, 0.717) is 11.7 Å². The number of benzene rings is 6. The van der Waals surface area contributed by atoms with Crippen LogP contribution in [0.5, 0.6) is 0 Å². The van der Waals surface area contributed by atoms with Gasteiger partial charge in [0.15, 0.2) is 0 Å². The van der Waals surface area contributed by atoms with Crippen molar-refractivity contribution in [1.29, 1.82) is 0 Å². The monoisotopic (exact) mass is 513 g/mol. The van der Waals surface area contributed by atoms with Crippen molar-refractivity contribution in [3.8, 4) is 39.7 Å². The van der Waals surface area contributed by atoms with E-state index in [4.69, 9.17) is 9.51 Å². The molecule has 0 spiro atoms. The Morgan fingerprint density at radius 3 is 1.77 bits per heavy atom. The number of aromatic nitrogens is 3. The van der Waals surface area contributed by atoms with Gasteiger partial charge in [0, 0.05) is 27.6 Å². The Morgan fingerprint density at radius 1 is 0.475 bits per heavy atom. The smallest absolute Gasteiger partial charge is 0.258 e. The molecule has 4 heteroatoms. The molecule has 188 valence electrons. The van der Waals surface area contributed by atoms with Crippen LogP contribution in [0, 0.1) is 0 Å². The number of hydrogen-bond donors (Lipinski definition) is 0. The van der Waals surface area contributed by atoms with Crippen molar-refractivity contribution in [3.63, 3.8) is 0 Å². The summed E-state index contributed by atoms with van der Waals surface area (Å²) in [5.74, 6) is 1.08. The van der Waals surface area contributed by atoms with Crippen molar-refractivity contribution in [3.05, 3.63) is 140 Å². The Labute approximate surface area is 230 Å². The molecule has 2 aromatic heterocycles. The SMILES string of the molecule is c1ccc2cc(-c3ccc(-c4noc(-c5ccc(-n6c7ccccc7c7ccccc76)cc5)n4)cc3)ccc2c1. The van der Waals surface area contributed by atoms with E-state index >= 15 is 0 Å². The topological polar surface area (TPSA) is 43.9 Å². The highest BCUT2D eigenvalue weighted by Gasteiger charge is 2.14. The maximum atomic E-state index is 5.67. The molecule has 40 heavy (non-hydrogen) atoms. The van der Waals surface area contributed by atoms with Crippen molar-refractivity contribution in [2.75, 3.05) is 0 Å². The minimum atomic E-state index is 0.502. The number of para-hydroxylation sites is 2. The van der Waals surface area contributed by atoms with Gasteiger partial charge in [-0.2, -0.15) is 4.98 Å². The van der Waals surface area contributed by atoms with Crippen molar-refractivity contribution >= 4 is 32.6 Å². The zero-order valence-electron chi connectivity index (χ0n) is 21.5. The average molecular weight is 514 g/mol. The molecule has 8 rings (SSSR count). The molecule has 0 unspecified atom stereocenters. The fourth-order valence-corrected chi connectivity index (χ4v) is 5.59. The molecular formula is C36H23N3O. The van der Waals surface area contributed by atoms with E-state index in [0.717, 1.165) is 22.4 Å². The summed E-state index contributed by atoms with van der Waals surface area (Å²) in [5, 5.41) is 9.23. The molecule has 0 aliphatic rings. The zero-order chi connectivity index (χ0) is 26.5. The highest BCUT2D eigenvalue weighted by Crippen LogP contribution is 2.33. The lowest BCUT2D eigenvalue weighted by Crippen LogP contribution is -1.93. The molecule has 0 saturated carbocycles. The largest absolute Gasteiger partial charge is 0.334 e. The first-order chi connectivity index (χ1) is 19.8. The summed E-state index contributed by atoms with van der Waals surface area (Å²) < 4.78 is 7.97. The second-order valence-electron chi connectivity index (χ2n) is 9.98. The molecule has 0 amide bonds. The molecule has 0 N–H and O–H groups in total. The van der Waals surface area contributed by atoms with Crippen molar-refractivity contribution in [2.24, 2.45) is 0 Å². The van der Waals surface area contributed by atoms with Crippen LogP contribution in [0.15, 0.2) is 144 Å². The average Bonchev–Trinajstić information content (AvgIpc) is 3.65. The number of hydrogen-bond acceptors (Lipinski definition) is 3. The molecule has 0 aliphatic carbocycles. The van der Waals surface area contributed by atoms with E-state index in [1.54, 1.807) is 0 Å². The summed E-state index contributed by atoms with van der Waals surface area (Å²) in [7, 11) is 0. The van der Waals surface area contributed by atoms with Crippen molar-refractivity contribution in [1.82, 2.24) is 14.7 Å². The van der Waals surface area contributed by atoms with E-state index in [9.17, 15) is 0 Å². The molecule has 0 bridgehead atoms. The van der Waals surface area contributed by atoms with Crippen LogP contribution in [0.4, 0.5) is 0 Å². The third kappa shape index (κ3) is 3.69. The van der Waals surface area contributed by atoms with Crippen LogP contribution in [-0.2, 0) is 0 Å². The third-order valence-corrected chi connectivity index (χ3v) is 7.60. The summed E-state index contributed by atoms with van der Waals surface area (Å²) in [6, 6.07) is 48.6. The normalized spacial score (nSPS) is 11.5. The Hall–Kier alpha value is -5.48. The number of nitrogens with zero attached hydrogens (tertiary/aromatic N) is 3. The van der Waals surface area contributed by atoms with E-state index in [1.807, 2.05) is 24.3 Å². The first-order valence-electron chi connectivity index (χ1n) is 13.3. The molecular weight excluding hydrogens is 490 g/mol. The van der Waals surface area contributed by atoms with Gasteiger partial charge >= 0.3 is 0 Å². The van der Waals surface area contributed by atoms with E-state index in [-0.39, 0.29) is 0 Å². The Kier molecular flexibility index (Phi) is 5.10. The Morgan fingerprint density at radius 2 is 1.05 bits per heavy atom. The summed E-state index contributed by atoms with van der Waals surface area (Å²) in [5.41, 5.74) is 7.59. The molecule has 0 fully saturated rings. The molecule has 0 radical (unpaired) electrons. The summed E-state index contributed by atoms with van der Waals surface area (Å²) in [6.07, 6.45) is 0. The molecule has 0 saturated heterocycles. The standard InChI is InChI=1S/C36H23N3O/c1-2-8-28-23-29(18-15-24(28)7-1)25-13-16-26(17-14-25)35-37-36(40-38-35)27-19-21-30(22-20-27)39-33-11-5-3-9-31(33)32-10-4-6-12-34(32)39/h1-23H. The van der Waals surface area contributed by atoms with Crippen LogP contribution in [0.25, 0.3) is 72.2 Å². The highest BCUT2D eigenvalue weighted by molar-refractivity contribution is 6.09. The van der Waals surface area contributed by atoms with Gasteiger partial charge in [-0.05, 0) is 64.4 Å². The van der Waals surface area contributed by atoms with Gasteiger partial charge in [-0.25, -0.2) is 0 Å². The van der Waals surface area contributed by atoms with Gasteiger partial charge in [-0.15, -0.1) is 0 Å². The summed E-state index contributed by atoms with van der Waals surface area (Å²) >= 11 is 0. The van der Waals surface area contributed by atoms with E-state index < -0.39 is 0 Å². The molecule has 8 aromatic rings. The van der Waals surface area contributed by atoms with Gasteiger partial charge in [-0.3, -0.25) is 0 Å². The van der Waals surface area contributed by atoms with Gasteiger partial charge in [0.25, 0.3) is 5.89 Å². The third-order valence-electron chi connectivity index (χ3n) is 7.60. The van der Waals surface area contributed by atoms with E-state index in [2.05, 4.69) is 125 Å². The van der Waals surface area contributed by atoms with Gasteiger partial charge in [0.2, 0.25) is 5.82 Å². The minimum absolute atomic E-state index is 0.502. The van der Waals surface area contributed by atoms with E-state index in [1.165, 1.54) is 38.1 Å². The number of fused-ring (bicyclic) bond motifs is 4. The van der Waals surface area contributed by atoms with Crippen LogP contribution in [0.2, 0.25) is 0 Å². The van der Waals surface area contributed by atoms with Gasteiger partial charge in [0.1, 0.15) is 0 Å². The summed E-state index contributed by atoms with van der Waals surface area (Å²) in [6.45, 7) is 0. The first-order valence-corrected chi connectivity index (χ1v) is 13.3. The molecule has 0 atom stereocenters. The van der Waals surface area contributed by atoms with Gasteiger partial charge in [0.05, 0.1) is 11.0 Å². The van der Waals surface area contributed by atoms with Crippen LogP contribution in [0.1, 0.15) is 0 Å². The second-order valence-corrected chi connectivity index (χ2v) is 9.98. The van der Waals surface area contributed by atoms with Gasteiger partial charge < -0.3 is 9.09 Å². The minimum Gasteiger partial charge on any atom is -0.334 e. The lowest BCUT2D eigenvalue weighted by molar-refractivity contribution is 0.432. The second kappa shape index (κ2) is 9.07.